The summed E-state index contributed by atoms with van der Waals surface area (Å²) in [6.45, 7) is -0.472. The highest BCUT2D eigenvalue weighted by atomic mass is 31.2. The average Bonchev–Trinajstić information content (AvgIpc) is 3.22. The summed E-state index contributed by atoms with van der Waals surface area (Å²) in [6.07, 6.45) is -0.0457. The summed E-state index contributed by atoms with van der Waals surface area (Å²) in [4.78, 5) is 38.1. The number of hydrogen-bond donors (Lipinski definition) is 2. The number of rotatable bonds is 19. The van der Waals surface area contributed by atoms with Crippen LogP contribution in [0.25, 0.3) is 0 Å². The van der Waals surface area contributed by atoms with Gasteiger partial charge >= 0.3 is 13.8 Å². The fourth-order valence-electron chi connectivity index (χ4n) is 5.67. The van der Waals surface area contributed by atoms with Crippen molar-refractivity contribution in [3.8, 4) is 11.5 Å². The van der Waals surface area contributed by atoms with Crippen LogP contribution in [0, 0.1) is 0 Å². The zero-order valence-electron chi connectivity index (χ0n) is 30.3. The predicted octanol–water partition coefficient (Wildman–Crippen LogP) is 7.01. The molecule has 5 aromatic rings. The van der Waals surface area contributed by atoms with E-state index in [1.165, 1.54) is 7.05 Å². The summed E-state index contributed by atoms with van der Waals surface area (Å²) >= 11 is 0. The molecule has 1 amide bonds. The Hall–Kier alpha value is -5.36. The highest BCUT2D eigenvalue weighted by molar-refractivity contribution is 7.47. The van der Waals surface area contributed by atoms with Gasteiger partial charge in [-0.2, -0.15) is 0 Å². The Morgan fingerprint density at radius 2 is 1.20 bits per heavy atom. The van der Waals surface area contributed by atoms with Gasteiger partial charge in [-0.05, 0) is 64.2 Å². The second-order valence-electron chi connectivity index (χ2n) is 12.1. The third-order valence-corrected chi connectivity index (χ3v) is 9.38. The molecule has 1 atom stereocenters. The number of phosphoric ester groups is 1. The van der Waals surface area contributed by atoms with E-state index in [1.54, 1.807) is 38.5 Å². The molecule has 0 aliphatic heterocycles. The molecule has 0 saturated carbocycles. The third-order valence-electron chi connectivity index (χ3n) is 8.47. The Labute approximate surface area is 314 Å². The largest absolute Gasteiger partial charge is 0.497 e. The quantitative estimate of drug-likeness (QED) is 0.0509. The summed E-state index contributed by atoms with van der Waals surface area (Å²) in [5.41, 5.74) is 3.84. The lowest BCUT2D eigenvalue weighted by atomic mass is 9.80. The van der Waals surface area contributed by atoms with Crippen LogP contribution < -0.4 is 14.8 Å². The number of hydrogen-bond acceptors (Lipinski definition) is 10. The van der Waals surface area contributed by atoms with Crippen molar-refractivity contribution in [1.82, 2.24) is 10.3 Å². The zero-order chi connectivity index (χ0) is 38.4. The van der Waals surface area contributed by atoms with Crippen LogP contribution in [0.5, 0.6) is 11.5 Å². The van der Waals surface area contributed by atoms with E-state index in [4.69, 9.17) is 28.0 Å². The number of esters is 1. The van der Waals surface area contributed by atoms with Gasteiger partial charge in [-0.15, -0.1) is 0 Å². The molecule has 0 fully saturated rings. The van der Waals surface area contributed by atoms with Gasteiger partial charge < -0.3 is 29.2 Å². The van der Waals surface area contributed by atoms with E-state index in [2.05, 4.69) is 10.3 Å². The first-order chi connectivity index (χ1) is 26.1. The van der Waals surface area contributed by atoms with E-state index in [9.17, 15) is 19.0 Å². The number of benzene rings is 4. The zero-order valence-corrected chi connectivity index (χ0v) is 31.2. The molecule has 13 heteroatoms. The standard InChI is InChI=1S/C41H43N2O10P/c1-42-39(44)23-24-40(45)50-28-35-13-8-14-36(43-35)29-53-54(46,47)52-27-31-10-7-9-30(25-31)26-51-41(32-11-5-4-6-12-32,33-15-19-37(48-2)20-16-33)34-17-21-38(49-3)22-18-34/h4-22,25H,23-24,26-29H2,1-3H3,(H,42,44)(H,46,47). The highest BCUT2D eigenvalue weighted by Gasteiger charge is 2.38. The first-order valence-corrected chi connectivity index (χ1v) is 18.6. The van der Waals surface area contributed by atoms with Crippen molar-refractivity contribution in [2.45, 2.75) is 44.9 Å². The molecule has 12 nitrogen and oxygen atoms in total. The number of amides is 1. The Morgan fingerprint density at radius 3 is 1.80 bits per heavy atom. The number of carbonyl (C=O) groups excluding carboxylic acids is 2. The van der Waals surface area contributed by atoms with Gasteiger partial charge in [0.25, 0.3) is 0 Å². The van der Waals surface area contributed by atoms with Crippen LogP contribution in [-0.2, 0) is 64.7 Å². The summed E-state index contributed by atoms with van der Waals surface area (Å²) in [5.74, 6) is 0.620. The topological polar surface area (TPSA) is 152 Å². The molecule has 0 radical (unpaired) electrons. The van der Waals surface area contributed by atoms with Gasteiger partial charge in [0.05, 0.1) is 45.2 Å². The third kappa shape index (κ3) is 10.8. The van der Waals surface area contributed by atoms with Crippen LogP contribution in [-0.4, -0.2) is 43.0 Å². The predicted molar refractivity (Wildman–Crippen MR) is 200 cm³/mol. The number of ether oxygens (including phenoxy) is 4. The second-order valence-corrected chi connectivity index (χ2v) is 13.5. The van der Waals surface area contributed by atoms with Crippen molar-refractivity contribution < 1.29 is 47.0 Å². The molecular formula is C41H43N2O10P. The molecule has 1 unspecified atom stereocenters. The van der Waals surface area contributed by atoms with Crippen molar-refractivity contribution in [3.05, 3.63) is 161 Å². The maximum Gasteiger partial charge on any atom is 0.472 e. The van der Waals surface area contributed by atoms with Crippen LogP contribution in [0.1, 0.15) is 52.0 Å². The summed E-state index contributed by atoms with van der Waals surface area (Å²) < 4.78 is 46.5. The Balaban J connectivity index is 1.25. The van der Waals surface area contributed by atoms with Gasteiger partial charge in [0, 0.05) is 13.5 Å². The average molecular weight is 755 g/mol. The fourth-order valence-corrected chi connectivity index (χ4v) is 6.36. The summed E-state index contributed by atoms with van der Waals surface area (Å²) in [7, 11) is 0.237. The normalized spacial score (nSPS) is 12.4. The smallest absolute Gasteiger partial charge is 0.472 e. The first kappa shape index (κ1) is 39.8. The molecule has 0 aliphatic carbocycles. The molecule has 1 heterocycles. The minimum absolute atomic E-state index is 0.0185. The molecule has 54 heavy (non-hydrogen) atoms. The number of aromatic nitrogens is 1. The van der Waals surface area contributed by atoms with Crippen molar-refractivity contribution in [1.29, 1.82) is 0 Å². The molecule has 4 aromatic carbocycles. The van der Waals surface area contributed by atoms with E-state index >= 15 is 0 Å². The lowest BCUT2D eigenvalue weighted by Gasteiger charge is -2.36. The SMILES string of the molecule is CNC(=O)CCC(=O)OCc1cccc(COP(=O)(O)OCc2cccc(COC(c3ccccc3)(c3ccc(OC)cc3)c3ccc(OC)cc3)c2)n1. The molecule has 0 bridgehead atoms. The van der Waals surface area contributed by atoms with Gasteiger partial charge in [-0.1, -0.05) is 84.9 Å². The summed E-state index contributed by atoms with van der Waals surface area (Å²) in [6, 6.07) is 37.7. The van der Waals surface area contributed by atoms with Gasteiger partial charge in [0.15, 0.2) is 0 Å². The van der Waals surface area contributed by atoms with Gasteiger partial charge in [0.2, 0.25) is 5.91 Å². The number of phosphoric acid groups is 1. The van der Waals surface area contributed by atoms with Gasteiger partial charge in [0.1, 0.15) is 30.3 Å². The number of carbonyl (C=O) groups is 2. The second kappa shape index (κ2) is 19.1. The van der Waals surface area contributed by atoms with Crippen molar-refractivity contribution >= 4 is 19.7 Å². The van der Waals surface area contributed by atoms with Crippen molar-refractivity contribution in [2.75, 3.05) is 21.3 Å². The Kier molecular flexibility index (Phi) is 14.1. The number of pyridine rings is 1. The molecule has 5 rings (SSSR count). The fraction of sp³-hybridized carbons (Fsp3) is 0.244. The number of methoxy groups -OCH3 is 2. The van der Waals surface area contributed by atoms with Crippen LogP contribution in [0.15, 0.2) is 121 Å². The molecular weight excluding hydrogens is 711 g/mol. The van der Waals surface area contributed by atoms with Crippen LogP contribution >= 0.6 is 7.82 Å². The first-order valence-electron chi connectivity index (χ1n) is 17.1. The van der Waals surface area contributed by atoms with Gasteiger partial charge in [-0.3, -0.25) is 23.6 Å². The van der Waals surface area contributed by atoms with Crippen LogP contribution in [0.3, 0.4) is 0 Å². The van der Waals surface area contributed by atoms with Crippen LogP contribution in [0.2, 0.25) is 0 Å². The van der Waals surface area contributed by atoms with E-state index in [0.717, 1.165) is 22.3 Å². The Morgan fingerprint density at radius 1 is 0.667 bits per heavy atom. The minimum atomic E-state index is -4.50. The van der Waals surface area contributed by atoms with E-state index in [0.29, 0.717) is 28.5 Å². The maximum absolute atomic E-state index is 12.9. The van der Waals surface area contributed by atoms with Crippen molar-refractivity contribution in [3.63, 3.8) is 0 Å². The maximum atomic E-state index is 12.9. The number of nitrogens with one attached hydrogen (secondary N) is 1. The molecule has 0 saturated heterocycles. The molecule has 2 N–H and O–H groups in total. The van der Waals surface area contributed by atoms with E-state index < -0.39 is 19.4 Å². The minimum Gasteiger partial charge on any atom is -0.497 e. The Bertz CT molecular complexity index is 1980. The highest BCUT2D eigenvalue weighted by Crippen LogP contribution is 2.45. The van der Waals surface area contributed by atoms with Crippen LogP contribution in [0.4, 0.5) is 0 Å². The molecule has 0 aliphatic rings. The van der Waals surface area contributed by atoms with E-state index in [-0.39, 0.29) is 45.2 Å². The molecule has 1 aromatic heterocycles. The monoisotopic (exact) mass is 754 g/mol. The number of nitrogens with zero attached hydrogens (tertiary/aromatic N) is 1. The van der Waals surface area contributed by atoms with Crippen molar-refractivity contribution in [2.24, 2.45) is 0 Å². The molecule has 282 valence electrons. The molecule has 0 spiro atoms. The lowest BCUT2D eigenvalue weighted by molar-refractivity contribution is -0.146. The van der Waals surface area contributed by atoms with Gasteiger partial charge in [-0.25, -0.2) is 4.57 Å². The van der Waals surface area contributed by atoms with E-state index in [1.807, 2.05) is 97.1 Å². The lowest BCUT2D eigenvalue weighted by Crippen LogP contribution is -2.32. The summed E-state index contributed by atoms with van der Waals surface area (Å²) in [5, 5.41) is 2.44.